The van der Waals surface area contributed by atoms with Gasteiger partial charge in [-0.15, -0.1) is 0 Å². The Morgan fingerprint density at radius 1 is 1.09 bits per heavy atom. The third-order valence-corrected chi connectivity index (χ3v) is 6.15. The first-order valence-corrected chi connectivity index (χ1v) is 10.7. The molecule has 0 saturated carbocycles. The second kappa shape index (κ2) is 7.03. The smallest absolute Gasteiger partial charge is 0.280 e. The normalized spacial score (nSPS) is 15.2. The Balaban J connectivity index is 1.69. The van der Waals surface area contributed by atoms with Crippen molar-refractivity contribution < 1.29 is 4.79 Å². The van der Waals surface area contributed by atoms with Gasteiger partial charge in [0.25, 0.3) is 11.5 Å². The van der Waals surface area contributed by atoms with Crippen molar-refractivity contribution >= 4 is 33.9 Å². The monoisotopic (exact) mass is 436 g/mol. The lowest BCUT2D eigenvalue weighted by Gasteiger charge is -2.23. The van der Waals surface area contributed by atoms with Crippen LogP contribution in [0.5, 0.6) is 0 Å². The van der Waals surface area contributed by atoms with Gasteiger partial charge in [-0.2, -0.15) is 4.68 Å². The molecule has 1 aliphatic carbocycles. The van der Waals surface area contributed by atoms with Crippen LogP contribution in [-0.4, -0.2) is 25.1 Å². The number of fused-ring (bicyclic) bond motifs is 1. The van der Waals surface area contributed by atoms with E-state index in [0.717, 1.165) is 29.7 Å². The molecule has 2 N–H and O–H groups in total. The molecular formula is C25H20N6O2. The van der Waals surface area contributed by atoms with Crippen LogP contribution in [0.1, 0.15) is 29.1 Å². The number of carbonyl (C=O) groups excluding carboxylic acids is 1. The molecule has 0 atom stereocenters. The van der Waals surface area contributed by atoms with Gasteiger partial charge in [0.1, 0.15) is 11.6 Å². The Kier molecular flexibility index (Phi) is 4.10. The number of pyridine rings is 1. The number of nitrogen functional groups attached to an aromatic ring is 1. The molecule has 1 aliphatic heterocycles. The summed E-state index contributed by atoms with van der Waals surface area (Å²) in [5, 5.41) is 1.75. The van der Waals surface area contributed by atoms with Crippen LogP contribution >= 0.6 is 0 Å². The molecule has 162 valence electrons. The van der Waals surface area contributed by atoms with Crippen molar-refractivity contribution in [1.82, 2.24) is 19.2 Å². The number of aromatic nitrogens is 4. The highest BCUT2D eigenvalue weighted by molar-refractivity contribution is 6.26. The summed E-state index contributed by atoms with van der Waals surface area (Å²) in [4.78, 5) is 36.0. The molecule has 33 heavy (non-hydrogen) atoms. The summed E-state index contributed by atoms with van der Waals surface area (Å²) < 4.78 is 3.23. The van der Waals surface area contributed by atoms with Gasteiger partial charge in [-0.05, 0) is 37.5 Å². The average Bonchev–Trinajstić information content (AvgIpc) is 3.10. The van der Waals surface area contributed by atoms with Crippen LogP contribution in [0.25, 0.3) is 22.2 Å². The van der Waals surface area contributed by atoms with E-state index in [-0.39, 0.29) is 11.5 Å². The number of aryl methyl sites for hydroxylation is 2. The lowest BCUT2D eigenvalue weighted by molar-refractivity contribution is -0.114. The zero-order valence-electron chi connectivity index (χ0n) is 17.9. The second-order valence-corrected chi connectivity index (χ2v) is 8.13. The van der Waals surface area contributed by atoms with E-state index in [1.165, 1.54) is 9.69 Å². The molecule has 8 heteroatoms. The number of nitrogens with zero attached hydrogens (tertiary/aromatic N) is 5. The average molecular weight is 436 g/mol. The third kappa shape index (κ3) is 2.77. The van der Waals surface area contributed by atoms with Gasteiger partial charge in [0.2, 0.25) is 0 Å². The molecule has 3 aromatic heterocycles. The highest BCUT2D eigenvalue weighted by atomic mass is 16.2. The summed E-state index contributed by atoms with van der Waals surface area (Å²) >= 11 is 0. The summed E-state index contributed by atoms with van der Waals surface area (Å²) in [7, 11) is 0. The highest BCUT2D eigenvalue weighted by Gasteiger charge is 2.34. The fourth-order valence-corrected chi connectivity index (χ4v) is 4.69. The van der Waals surface area contributed by atoms with E-state index in [9.17, 15) is 9.59 Å². The van der Waals surface area contributed by atoms with Crippen molar-refractivity contribution in [3.8, 4) is 0 Å². The second-order valence-electron chi connectivity index (χ2n) is 8.13. The van der Waals surface area contributed by atoms with Gasteiger partial charge in [0.15, 0.2) is 0 Å². The first kappa shape index (κ1) is 19.2. The van der Waals surface area contributed by atoms with Crippen LogP contribution < -0.4 is 16.3 Å². The Hall–Kier alpha value is -4.46. The van der Waals surface area contributed by atoms with Crippen LogP contribution in [0.4, 0.5) is 5.82 Å². The molecule has 1 aromatic carbocycles. The predicted molar refractivity (Wildman–Crippen MR) is 127 cm³/mol. The number of allylic oxidation sites excluding steroid dienone is 1. The van der Waals surface area contributed by atoms with Crippen LogP contribution in [-0.2, 0) is 11.2 Å². The maximum Gasteiger partial charge on any atom is 0.280 e. The number of nitrogens with two attached hydrogens (primary N) is 1. The molecule has 0 bridgehead atoms. The van der Waals surface area contributed by atoms with Crippen molar-refractivity contribution in [2.75, 3.05) is 10.7 Å². The van der Waals surface area contributed by atoms with Gasteiger partial charge in [-0.25, -0.2) is 9.99 Å². The molecule has 0 fully saturated rings. The number of hydrogen-bond donors (Lipinski definition) is 1. The zero-order valence-corrected chi connectivity index (χ0v) is 17.9. The Labute approximate surface area is 188 Å². The van der Waals surface area contributed by atoms with Crippen LogP contribution in [0, 0.1) is 6.92 Å². The standard InChI is InChI=1S/C25H20N6O2/c1-15-28-20-13-27-11-10-18(20)25(33)31(15)29-14-21(16-6-3-2-4-7-16)30-22(26)12-17-8-5-9-19(23(17)30)24(29)32/h2-4,6-7,9-14H,5,8,26H2,1H3. The van der Waals surface area contributed by atoms with Crippen molar-refractivity contribution in [3.63, 3.8) is 0 Å². The molecule has 0 unspecified atom stereocenters. The van der Waals surface area contributed by atoms with E-state index in [4.69, 9.17) is 5.73 Å². The van der Waals surface area contributed by atoms with Gasteiger partial charge >= 0.3 is 0 Å². The van der Waals surface area contributed by atoms with Crippen molar-refractivity contribution in [1.29, 1.82) is 0 Å². The molecule has 0 saturated heterocycles. The number of anilines is 1. The topological polar surface area (TPSA) is 99.0 Å². The number of rotatable bonds is 2. The SMILES string of the molecule is Cc1nc2cnccc2c(=O)n1N1C=C(c2ccccc2)n2c(N)cc3c2C(=CCC3)C1=O. The molecule has 4 aromatic rings. The molecule has 0 radical (unpaired) electrons. The largest absolute Gasteiger partial charge is 0.385 e. The number of amides is 1. The van der Waals surface area contributed by atoms with Gasteiger partial charge in [-0.3, -0.25) is 19.1 Å². The van der Waals surface area contributed by atoms with Gasteiger partial charge in [-0.1, -0.05) is 36.4 Å². The van der Waals surface area contributed by atoms with Crippen LogP contribution in [0.2, 0.25) is 0 Å². The fraction of sp³-hybridized carbons (Fsp3) is 0.120. The summed E-state index contributed by atoms with van der Waals surface area (Å²) in [6.07, 6.45) is 8.22. The van der Waals surface area contributed by atoms with Crippen molar-refractivity contribution in [2.45, 2.75) is 19.8 Å². The molecule has 8 nitrogen and oxygen atoms in total. The maximum atomic E-state index is 13.9. The first-order valence-electron chi connectivity index (χ1n) is 10.7. The van der Waals surface area contributed by atoms with Gasteiger partial charge in [0, 0.05) is 11.8 Å². The van der Waals surface area contributed by atoms with Crippen LogP contribution in [0.15, 0.2) is 71.9 Å². The molecule has 2 aliphatic rings. The van der Waals surface area contributed by atoms with Gasteiger partial charge < -0.3 is 5.73 Å². The Morgan fingerprint density at radius 2 is 1.91 bits per heavy atom. The van der Waals surface area contributed by atoms with Gasteiger partial charge in [0.05, 0.1) is 40.3 Å². The minimum Gasteiger partial charge on any atom is -0.385 e. The Bertz CT molecular complexity index is 1580. The van der Waals surface area contributed by atoms with E-state index in [0.29, 0.717) is 33.8 Å². The number of hydrogen-bond acceptors (Lipinski definition) is 5. The fourth-order valence-electron chi connectivity index (χ4n) is 4.69. The number of benzene rings is 1. The lowest BCUT2D eigenvalue weighted by Crippen LogP contribution is -2.44. The summed E-state index contributed by atoms with van der Waals surface area (Å²) in [5.74, 6) is 0.625. The summed E-state index contributed by atoms with van der Waals surface area (Å²) in [6, 6.07) is 13.2. The van der Waals surface area contributed by atoms with Crippen molar-refractivity contribution in [2.24, 2.45) is 0 Å². The summed E-state index contributed by atoms with van der Waals surface area (Å²) in [5.41, 5.74) is 10.5. The highest BCUT2D eigenvalue weighted by Crippen LogP contribution is 2.38. The summed E-state index contributed by atoms with van der Waals surface area (Å²) in [6.45, 7) is 1.71. The minimum absolute atomic E-state index is 0.304. The molecule has 1 amide bonds. The third-order valence-electron chi connectivity index (χ3n) is 6.15. The van der Waals surface area contributed by atoms with Crippen molar-refractivity contribution in [3.05, 3.63) is 100 Å². The maximum absolute atomic E-state index is 13.9. The van der Waals surface area contributed by atoms with E-state index in [2.05, 4.69) is 9.97 Å². The predicted octanol–water partition coefficient (Wildman–Crippen LogP) is 2.84. The zero-order chi connectivity index (χ0) is 22.7. The Morgan fingerprint density at radius 3 is 2.73 bits per heavy atom. The molecule has 6 rings (SSSR count). The quantitative estimate of drug-likeness (QED) is 0.521. The minimum atomic E-state index is -0.340. The molecule has 0 spiro atoms. The molecular weight excluding hydrogens is 416 g/mol. The first-order chi connectivity index (χ1) is 16.0. The molecule has 4 heterocycles. The lowest BCUT2D eigenvalue weighted by atomic mass is 9.96. The number of carbonyl (C=O) groups is 1. The van der Waals surface area contributed by atoms with Crippen LogP contribution in [0.3, 0.4) is 0 Å². The van der Waals surface area contributed by atoms with E-state index < -0.39 is 0 Å². The van der Waals surface area contributed by atoms with E-state index in [1.807, 2.05) is 47.0 Å². The van der Waals surface area contributed by atoms with E-state index >= 15 is 0 Å². The van der Waals surface area contributed by atoms with E-state index in [1.54, 1.807) is 31.6 Å².